The number of pyridine rings is 1. The molecule has 1 N–H and O–H groups in total. The first kappa shape index (κ1) is 13.3. The minimum absolute atomic E-state index is 0.00116. The fourth-order valence-corrected chi connectivity index (χ4v) is 2.64. The van der Waals surface area contributed by atoms with Gasteiger partial charge in [0.1, 0.15) is 6.10 Å². The van der Waals surface area contributed by atoms with Gasteiger partial charge in [-0.05, 0) is 51.2 Å². The Hall–Kier alpha value is -1.09. The topological polar surface area (TPSA) is 42.4 Å². The lowest BCUT2D eigenvalue weighted by Crippen LogP contribution is -2.17. The van der Waals surface area contributed by atoms with Crippen LogP contribution in [-0.2, 0) is 6.61 Å². The van der Waals surface area contributed by atoms with Crippen molar-refractivity contribution in [1.82, 2.24) is 4.98 Å². The van der Waals surface area contributed by atoms with Crippen molar-refractivity contribution in [3.8, 4) is 5.88 Å². The SMILES string of the molecule is Cc1cc(C)c(CO)c(OC2CCCCCC2)n1. The van der Waals surface area contributed by atoms with Gasteiger partial charge in [-0.3, -0.25) is 0 Å². The number of aromatic nitrogens is 1. The highest BCUT2D eigenvalue weighted by atomic mass is 16.5. The van der Waals surface area contributed by atoms with Crippen LogP contribution in [0.2, 0.25) is 0 Å². The monoisotopic (exact) mass is 249 g/mol. The lowest BCUT2D eigenvalue weighted by atomic mass is 10.1. The highest BCUT2D eigenvalue weighted by Crippen LogP contribution is 2.26. The third-order valence-electron chi connectivity index (χ3n) is 3.68. The molecular formula is C15H23NO2. The van der Waals surface area contributed by atoms with Gasteiger partial charge in [0.15, 0.2) is 0 Å². The zero-order valence-corrected chi connectivity index (χ0v) is 11.4. The zero-order valence-electron chi connectivity index (χ0n) is 11.4. The van der Waals surface area contributed by atoms with Crippen LogP contribution >= 0.6 is 0 Å². The fraction of sp³-hybridized carbons (Fsp3) is 0.667. The number of nitrogens with zero attached hydrogens (tertiary/aromatic N) is 1. The van der Waals surface area contributed by atoms with Gasteiger partial charge < -0.3 is 9.84 Å². The van der Waals surface area contributed by atoms with E-state index in [0.29, 0.717) is 5.88 Å². The van der Waals surface area contributed by atoms with Crippen LogP contribution in [0.1, 0.15) is 55.3 Å². The van der Waals surface area contributed by atoms with Crippen molar-refractivity contribution in [2.45, 2.75) is 65.1 Å². The Morgan fingerprint density at radius 2 is 1.89 bits per heavy atom. The van der Waals surface area contributed by atoms with Gasteiger partial charge in [0.2, 0.25) is 5.88 Å². The van der Waals surface area contributed by atoms with Crippen LogP contribution in [0.5, 0.6) is 5.88 Å². The largest absolute Gasteiger partial charge is 0.474 e. The Morgan fingerprint density at radius 1 is 1.22 bits per heavy atom. The molecule has 1 heterocycles. The van der Waals surface area contributed by atoms with Crippen molar-refractivity contribution < 1.29 is 9.84 Å². The summed E-state index contributed by atoms with van der Waals surface area (Å²) < 4.78 is 6.05. The molecule has 0 radical (unpaired) electrons. The van der Waals surface area contributed by atoms with E-state index in [2.05, 4.69) is 4.98 Å². The van der Waals surface area contributed by atoms with Crippen LogP contribution in [0, 0.1) is 13.8 Å². The summed E-state index contributed by atoms with van der Waals surface area (Å²) in [5, 5.41) is 9.46. The molecule has 1 aliphatic rings. The van der Waals surface area contributed by atoms with Crippen LogP contribution in [-0.4, -0.2) is 16.2 Å². The quantitative estimate of drug-likeness (QED) is 0.836. The van der Waals surface area contributed by atoms with Crippen molar-refractivity contribution >= 4 is 0 Å². The second-order valence-corrected chi connectivity index (χ2v) is 5.25. The van der Waals surface area contributed by atoms with Gasteiger partial charge in [0.05, 0.1) is 6.61 Å². The fourth-order valence-electron chi connectivity index (χ4n) is 2.64. The van der Waals surface area contributed by atoms with Crippen LogP contribution in [0.4, 0.5) is 0 Å². The van der Waals surface area contributed by atoms with E-state index in [1.54, 1.807) is 0 Å². The summed E-state index contributed by atoms with van der Waals surface area (Å²) in [5.74, 6) is 0.641. The Kier molecular flexibility index (Phi) is 4.59. The number of hydrogen-bond donors (Lipinski definition) is 1. The van der Waals surface area contributed by atoms with E-state index < -0.39 is 0 Å². The average Bonchev–Trinajstić information content (AvgIpc) is 2.57. The molecule has 0 atom stereocenters. The molecule has 1 aromatic heterocycles. The Balaban J connectivity index is 2.16. The van der Waals surface area contributed by atoms with Crippen molar-refractivity contribution in [2.75, 3.05) is 0 Å². The molecular weight excluding hydrogens is 226 g/mol. The van der Waals surface area contributed by atoms with Crippen molar-refractivity contribution in [2.24, 2.45) is 0 Å². The molecule has 0 saturated heterocycles. The van der Waals surface area contributed by atoms with E-state index in [-0.39, 0.29) is 12.7 Å². The molecule has 1 saturated carbocycles. The molecule has 0 spiro atoms. The van der Waals surface area contributed by atoms with Gasteiger partial charge in [-0.25, -0.2) is 4.98 Å². The van der Waals surface area contributed by atoms with Gasteiger partial charge >= 0.3 is 0 Å². The van der Waals surface area contributed by atoms with Crippen molar-refractivity contribution in [3.05, 3.63) is 22.9 Å². The van der Waals surface area contributed by atoms with E-state index in [1.165, 1.54) is 25.7 Å². The maximum Gasteiger partial charge on any atom is 0.219 e. The molecule has 3 nitrogen and oxygen atoms in total. The molecule has 0 bridgehead atoms. The Morgan fingerprint density at radius 3 is 2.50 bits per heavy atom. The summed E-state index contributed by atoms with van der Waals surface area (Å²) in [5.41, 5.74) is 2.85. The normalized spacial score (nSPS) is 17.5. The molecule has 1 fully saturated rings. The van der Waals surface area contributed by atoms with Gasteiger partial charge in [0.25, 0.3) is 0 Å². The van der Waals surface area contributed by atoms with Gasteiger partial charge in [-0.15, -0.1) is 0 Å². The third-order valence-corrected chi connectivity index (χ3v) is 3.68. The number of aliphatic hydroxyl groups excluding tert-OH is 1. The predicted octanol–water partition coefficient (Wildman–Crippen LogP) is 3.29. The molecule has 1 aromatic rings. The summed E-state index contributed by atoms with van der Waals surface area (Å²) >= 11 is 0. The van der Waals surface area contributed by atoms with E-state index in [0.717, 1.165) is 29.7 Å². The van der Waals surface area contributed by atoms with Crippen LogP contribution in [0.25, 0.3) is 0 Å². The average molecular weight is 249 g/mol. The lowest BCUT2D eigenvalue weighted by molar-refractivity contribution is 0.168. The standard InChI is InChI=1S/C15H23NO2/c1-11-9-12(2)16-15(14(11)10-17)18-13-7-5-3-4-6-8-13/h9,13,17H,3-8,10H2,1-2H3. The van der Waals surface area contributed by atoms with Crippen LogP contribution in [0.15, 0.2) is 6.07 Å². The van der Waals surface area contributed by atoms with Crippen LogP contribution < -0.4 is 4.74 Å². The van der Waals surface area contributed by atoms with E-state index >= 15 is 0 Å². The minimum atomic E-state index is 0.00116. The second kappa shape index (κ2) is 6.19. The zero-order chi connectivity index (χ0) is 13.0. The molecule has 2 rings (SSSR count). The summed E-state index contributed by atoms with van der Waals surface area (Å²) in [6.07, 6.45) is 7.60. The number of aryl methyl sites for hydroxylation is 2. The molecule has 0 aromatic carbocycles. The van der Waals surface area contributed by atoms with E-state index in [9.17, 15) is 5.11 Å². The molecule has 0 unspecified atom stereocenters. The maximum absolute atomic E-state index is 9.46. The first-order valence-electron chi connectivity index (χ1n) is 6.95. The summed E-state index contributed by atoms with van der Waals surface area (Å²) in [7, 11) is 0. The van der Waals surface area contributed by atoms with E-state index in [1.807, 2.05) is 19.9 Å². The molecule has 0 aliphatic heterocycles. The maximum atomic E-state index is 9.46. The number of ether oxygens (including phenoxy) is 1. The van der Waals surface area contributed by atoms with Crippen molar-refractivity contribution in [1.29, 1.82) is 0 Å². The lowest BCUT2D eigenvalue weighted by Gasteiger charge is -2.19. The van der Waals surface area contributed by atoms with E-state index in [4.69, 9.17) is 4.74 Å². The summed E-state index contributed by atoms with van der Waals surface area (Å²) in [6, 6.07) is 1.99. The first-order chi connectivity index (χ1) is 8.70. The molecule has 100 valence electrons. The molecule has 1 aliphatic carbocycles. The van der Waals surface area contributed by atoms with Gasteiger partial charge in [0, 0.05) is 11.3 Å². The molecule has 0 amide bonds. The van der Waals surface area contributed by atoms with Crippen LogP contribution in [0.3, 0.4) is 0 Å². The number of rotatable bonds is 3. The molecule has 3 heteroatoms. The van der Waals surface area contributed by atoms with Gasteiger partial charge in [-0.2, -0.15) is 0 Å². The second-order valence-electron chi connectivity index (χ2n) is 5.25. The number of aliphatic hydroxyl groups is 1. The Bertz CT molecular complexity index is 396. The summed E-state index contributed by atoms with van der Waals surface area (Å²) in [6.45, 7) is 3.97. The smallest absolute Gasteiger partial charge is 0.219 e. The van der Waals surface area contributed by atoms with Gasteiger partial charge in [-0.1, -0.05) is 12.8 Å². The highest BCUT2D eigenvalue weighted by Gasteiger charge is 2.17. The highest BCUT2D eigenvalue weighted by molar-refractivity contribution is 5.35. The predicted molar refractivity (Wildman–Crippen MR) is 71.8 cm³/mol. The summed E-state index contributed by atoms with van der Waals surface area (Å²) in [4.78, 5) is 4.45. The minimum Gasteiger partial charge on any atom is -0.474 e. The Labute approximate surface area is 109 Å². The third kappa shape index (κ3) is 3.22. The number of hydrogen-bond acceptors (Lipinski definition) is 3. The van der Waals surface area contributed by atoms with Crippen molar-refractivity contribution in [3.63, 3.8) is 0 Å². The molecule has 18 heavy (non-hydrogen) atoms. The first-order valence-corrected chi connectivity index (χ1v) is 6.95.